The molecule has 1 atom stereocenters. The first-order valence-electron chi connectivity index (χ1n) is 7.16. The minimum absolute atomic E-state index is 0.0749. The van der Waals surface area contributed by atoms with Crippen molar-refractivity contribution >= 4 is 0 Å². The number of nitrogens with two attached hydrogens (primary N) is 1. The molecule has 0 aromatic heterocycles. The van der Waals surface area contributed by atoms with E-state index in [-0.39, 0.29) is 5.41 Å². The van der Waals surface area contributed by atoms with E-state index in [1.807, 2.05) is 25.1 Å². The summed E-state index contributed by atoms with van der Waals surface area (Å²) in [5.41, 5.74) is 8.48. The zero-order valence-corrected chi connectivity index (χ0v) is 12.3. The second-order valence-corrected chi connectivity index (χ2v) is 5.35. The number of rotatable bonds is 6. The number of hydrogen-bond donors (Lipinski definition) is 1. The van der Waals surface area contributed by atoms with Crippen molar-refractivity contribution in [1.29, 1.82) is 0 Å². The first-order valence-corrected chi connectivity index (χ1v) is 7.16. The maximum Gasteiger partial charge on any atom is 0.122 e. The molecule has 0 amide bonds. The van der Waals surface area contributed by atoms with Gasteiger partial charge in [0.2, 0.25) is 0 Å². The molecule has 0 radical (unpaired) electrons. The van der Waals surface area contributed by atoms with Gasteiger partial charge in [0, 0.05) is 12.0 Å². The third-order valence-electron chi connectivity index (χ3n) is 3.77. The van der Waals surface area contributed by atoms with Crippen LogP contribution in [0.15, 0.2) is 54.6 Å². The Morgan fingerprint density at radius 1 is 1.00 bits per heavy atom. The number of hydrogen-bond acceptors (Lipinski definition) is 2. The average molecular weight is 269 g/mol. The quantitative estimate of drug-likeness (QED) is 0.870. The lowest BCUT2D eigenvalue weighted by Gasteiger charge is -2.29. The Bertz CT molecular complexity index is 538. The lowest BCUT2D eigenvalue weighted by atomic mass is 9.77. The van der Waals surface area contributed by atoms with Gasteiger partial charge in [-0.25, -0.2) is 0 Å². The molecule has 106 valence electrons. The molecular weight excluding hydrogens is 246 g/mol. The van der Waals surface area contributed by atoms with E-state index in [1.54, 1.807) is 0 Å². The lowest BCUT2D eigenvalue weighted by Crippen LogP contribution is -2.34. The van der Waals surface area contributed by atoms with Crippen molar-refractivity contribution in [2.24, 2.45) is 5.73 Å². The molecule has 2 aromatic carbocycles. The van der Waals surface area contributed by atoms with Gasteiger partial charge >= 0.3 is 0 Å². The smallest absolute Gasteiger partial charge is 0.122 e. The van der Waals surface area contributed by atoms with Crippen LogP contribution in [0.4, 0.5) is 0 Å². The Kier molecular flexibility index (Phi) is 4.80. The highest BCUT2D eigenvalue weighted by Crippen LogP contribution is 2.31. The average Bonchev–Trinajstić information content (AvgIpc) is 2.50. The van der Waals surface area contributed by atoms with Gasteiger partial charge in [0.15, 0.2) is 0 Å². The van der Waals surface area contributed by atoms with E-state index in [4.69, 9.17) is 10.5 Å². The summed E-state index contributed by atoms with van der Waals surface area (Å²) in [6, 6.07) is 18.7. The summed E-state index contributed by atoms with van der Waals surface area (Å²) in [6.07, 6.45) is 0.879. The van der Waals surface area contributed by atoms with Crippen molar-refractivity contribution in [1.82, 2.24) is 0 Å². The van der Waals surface area contributed by atoms with Crippen LogP contribution >= 0.6 is 0 Å². The zero-order valence-electron chi connectivity index (χ0n) is 12.3. The fraction of sp³-hybridized carbons (Fsp3) is 0.333. The molecule has 0 aliphatic carbocycles. The predicted octanol–water partition coefficient (Wildman–Crippen LogP) is 3.54. The normalized spacial score (nSPS) is 13.8. The van der Waals surface area contributed by atoms with Crippen LogP contribution in [0.1, 0.15) is 25.0 Å². The first-order chi connectivity index (χ1) is 9.69. The molecule has 0 fully saturated rings. The summed E-state index contributed by atoms with van der Waals surface area (Å²) in [4.78, 5) is 0. The van der Waals surface area contributed by atoms with Crippen LogP contribution in [0.2, 0.25) is 0 Å². The van der Waals surface area contributed by atoms with E-state index in [9.17, 15) is 0 Å². The topological polar surface area (TPSA) is 35.2 Å². The standard InChI is InChI=1S/C18H23NO/c1-3-20-17-12-8-7-9-15(17)13-18(2,14-19)16-10-5-4-6-11-16/h4-12H,3,13-14,19H2,1-2H3. The lowest BCUT2D eigenvalue weighted by molar-refractivity contribution is 0.332. The molecule has 0 aliphatic heterocycles. The maximum absolute atomic E-state index is 6.07. The summed E-state index contributed by atoms with van der Waals surface area (Å²) in [5.74, 6) is 0.964. The molecule has 0 bridgehead atoms. The van der Waals surface area contributed by atoms with Crippen molar-refractivity contribution in [3.63, 3.8) is 0 Å². The van der Waals surface area contributed by atoms with Crippen molar-refractivity contribution in [3.8, 4) is 5.75 Å². The Balaban J connectivity index is 2.31. The van der Waals surface area contributed by atoms with E-state index in [1.165, 1.54) is 11.1 Å². The molecule has 2 N–H and O–H groups in total. The van der Waals surface area contributed by atoms with Gasteiger partial charge in [-0.3, -0.25) is 0 Å². The van der Waals surface area contributed by atoms with Gasteiger partial charge in [-0.05, 0) is 30.5 Å². The zero-order chi connectivity index (χ0) is 14.4. The van der Waals surface area contributed by atoms with Gasteiger partial charge in [0.25, 0.3) is 0 Å². The second-order valence-electron chi connectivity index (χ2n) is 5.35. The van der Waals surface area contributed by atoms with Crippen LogP contribution < -0.4 is 10.5 Å². The SMILES string of the molecule is CCOc1ccccc1CC(C)(CN)c1ccccc1. The summed E-state index contributed by atoms with van der Waals surface area (Å²) in [5, 5.41) is 0. The largest absolute Gasteiger partial charge is 0.494 e. The van der Waals surface area contributed by atoms with Crippen LogP contribution in [0.25, 0.3) is 0 Å². The molecular formula is C18H23NO. The van der Waals surface area contributed by atoms with E-state index >= 15 is 0 Å². The Morgan fingerprint density at radius 3 is 2.30 bits per heavy atom. The molecule has 2 nitrogen and oxygen atoms in total. The molecule has 2 heteroatoms. The number of benzene rings is 2. The maximum atomic E-state index is 6.07. The van der Waals surface area contributed by atoms with Crippen LogP contribution in [-0.2, 0) is 11.8 Å². The summed E-state index contributed by atoms with van der Waals surface area (Å²) >= 11 is 0. The summed E-state index contributed by atoms with van der Waals surface area (Å²) < 4.78 is 5.72. The monoisotopic (exact) mass is 269 g/mol. The molecule has 0 aliphatic rings. The third kappa shape index (κ3) is 3.20. The molecule has 0 spiro atoms. The van der Waals surface area contributed by atoms with Crippen molar-refractivity contribution in [2.75, 3.05) is 13.2 Å². The van der Waals surface area contributed by atoms with Gasteiger partial charge in [0.1, 0.15) is 5.75 Å². The fourth-order valence-electron chi connectivity index (χ4n) is 2.50. The third-order valence-corrected chi connectivity index (χ3v) is 3.77. The molecule has 0 saturated carbocycles. The molecule has 1 unspecified atom stereocenters. The highest BCUT2D eigenvalue weighted by atomic mass is 16.5. The van der Waals surface area contributed by atoms with Crippen molar-refractivity contribution in [2.45, 2.75) is 25.7 Å². The van der Waals surface area contributed by atoms with Crippen molar-refractivity contribution in [3.05, 3.63) is 65.7 Å². The van der Waals surface area contributed by atoms with E-state index in [2.05, 4.69) is 43.3 Å². The van der Waals surface area contributed by atoms with Gasteiger partial charge in [-0.15, -0.1) is 0 Å². The highest BCUT2D eigenvalue weighted by molar-refractivity contribution is 5.37. The van der Waals surface area contributed by atoms with Crippen LogP contribution in [-0.4, -0.2) is 13.2 Å². The Labute approximate surface area is 121 Å². The number of ether oxygens (including phenoxy) is 1. The van der Waals surface area contributed by atoms with Crippen molar-refractivity contribution < 1.29 is 4.74 Å². The second kappa shape index (κ2) is 6.58. The van der Waals surface area contributed by atoms with E-state index in [0.29, 0.717) is 13.2 Å². The van der Waals surface area contributed by atoms with Crippen LogP contribution in [0.5, 0.6) is 5.75 Å². The molecule has 2 aromatic rings. The van der Waals surface area contributed by atoms with Crippen LogP contribution in [0, 0.1) is 0 Å². The predicted molar refractivity (Wildman–Crippen MR) is 84.2 cm³/mol. The minimum Gasteiger partial charge on any atom is -0.494 e. The van der Waals surface area contributed by atoms with Gasteiger partial charge in [-0.2, -0.15) is 0 Å². The summed E-state index contributed by atoms with van der Waals surface area (Å²) in [7, 11) is 0. The molecule has 20 heavy (non-hydrogen) atoms. The van der Waals surface area contributed by atoms with Crippen LogP contribution in [0.3, 0.4) is 0 Å². The minimum atomic E-state index is -0.0749. The first kappa shape index (κ1) is 14.6. The number of para-hydroxylation sites is 1. The Morgan fingerprint density at radius 2 is 1.65 bits per heavy atom. The Hall–Kier alpha value is -1.80. The summed E-state index contributed by atoms with van der Waals surface area (Å²) in [6.45, 7) is 5.51. The van der Waals surface area contributed by atoms with E-state index < -0.39 is 0 Å². The molecule has 2 rings (SSSR count). The van der Waals surface area contributed by atoms with Gasteiger partial charge < -0.3 is 10.5 Å². The van der Waals surface area contributed by atoms with E-state index in [0.717, 1.165) is 12.2 Å². The molecule has 0 saturated heterocycles. The molecule has 0 heterocycles. The highest BCUT2D eigenvalue weighted by Gasteiger charge is 2.26. The fourth-order valence-corrected chi connectivity index (χ4v) is 2.50. The van der Waals surface area contributed by atoms with Gasteiger partial charge in [0.05, 0.1) is 6.61 Å². The van der Waals surface area contributed by atoms with Gasteiger partial charge in [-0.1, -0.05) is 55.5 Å².